The fourth-order valence-corrected chi connectivity index (χ4v) is 2.83. The van der Waals surface area contributed by atoms with E-state index < -0.39 is 0 Å². The quantitative estimate of drug-likeness (QED) is 0.672. The summed E-state index contributed by atoms with van der Waals surface area (Å²) in [5.74, 6) is 5.61. The molecule has 1 heterocycles. The van der Waals surface area contributed by atoms with Crippen molar-refractivity contribution < 1.29 is 0 Å². The minimum Gasteiger partial charge on any atom is -0.271 e. The highest BCUT2D eigenvalue weighted by atomic mass is 35.5. The van der Waals surface area contributed by atoms with Crippen molar-refractivity contribution in [2.24, 2.45) is 12.9 Å². The molecule has 1 aromatic carbocycles. The van der Waals surface area contributed by atoms with E-state index in [-0.39, 0.29) is 6.04 Å². The Bertz CT molecular complexity index is 543. The average Bonchev–Trinajstić information content (AvgIpc) is 2.70. The van der Waals surface area contributed by atoms with Crippen LogP contribution in [0.3, 0.4) is 0 Å². The van der Waals surface area contributed by atoms with Gasteiger partial charge in [0.1, 0.15) is 0 Å². The van der Waals surface area contributed by atoms with Crippen LogP contribution in [0.25, 0.3) is 0 Å². The third kappa shape index (κ3) is 3.04. The predicted octanol–water partition coefficient (Wildman–Crippen LogP) is 3.13. The topological polar surface area (TPSA) is 55.9 Å². The zero-order valence-corrected chi connectivity index (χ0v) is 12.5. The summed E-state index contributed by atoms with van der Waals surface area (Å²) < 4.78 is 1.68. The molecule has 0 saturated heterocycles. The maximum atomic E-state index is 6.16. The van der Waals surface area contributed by atoms with Gasteiger partial charge in [-0.2, -0.15) is 5.10 Å². The summed E-state index contributed by atoms with van der Waals surface area (Å²) in [5, 5.41) is 5.85. The van der Waals surface area contributed by atoms with Gasteiger partial charge in [0.15, 0.2) is 0 Å². The second-order valence-corrected chi connectivity index (χ2v) is 5.35. The molecule has 4 nitrogen and oxygen atoms in total. The normalized spacial score (nSPS) is 12.7. The van der Waals surface area contributed by atoms with Crippen LogP contribution >= 0.6 is 34.8 Å². The summed E-state index contributed by atoms with van der Waals surface area (Å²) in [4.78, 5) is 0. The molecule has 0 aliphatic rings. The molecule has 0 spiro atoms. The SMILES string of the molecule is Cn1ncc(Cl)c1C(Cc1c(Cl)cccc1Cl)NN. The Hall–Kier alpha value is -0.780. The van der Waals surface area contributed by atoms with E-state index in [0.717, 1.165) is 11.3 Å². The summed E-state index contributed by atoms with van der Waals surface area (Å²) in [7, 11) is 1.81. The van der Waals surface area contributed by atoms with Crippen molar-refractivity contribution in [1.29, 1.82) is 0 Å². The maximum Gasteiger partial charge on any atom is 0.0834 e. The van der Waals surface area contributed by atoms with Gasteiger partial charge in [0.05, 0.1) is 23.0 Å². The van der Waals surface area contributed by atoms with Crippen LogP contribution in [0.2, 0.25) is 15.1 Å². The van der Waals surface area contributed by atoms with E-state index in [1.54, 1.807) is 36.1 Å². The Morgan fingerprint density at radius 3 is 2.37 bits per heavy atom. The Labute approximate surface area is 126 Å². The number of halogens is 3. The molecule has 0 aliphatic carbocycles. The molecule has 1 unspecified atom stereocenters. The van der Waals surface area contributed by atoms with Gasteiger partial charge < -0.3 is 0 Å². The largest absolute Gasteiger partial charge is 0.271 e. The highest BCUT2D eigenvalue weighted by Gasteiger charge is 2.20. The Morgan fingerprint density at radius 2 is 1.89 bits per heavy atom. The van der Waals surface area contributed by atoms with Crippen LogP contribution < -0.4 is 11.3 Å². The van der Waals surface area contributed by atoms with Crippen LogP contribution in [0.4, 0.5) is 0 Å². The molecular formula is C12H13Cl3N4. The standard InChI is InChI=1S/C12H13Cl3N4/c1-19-12(10(15)6-17-19)11(18-16)5-7-8(13)3-2-4-9(7)14/h2-4,6,11,18H,5,16H2,1H3. The van der Waals surface area contributed by atoms with Crippen molar-refractivity contribution in [1.82, 2.24) is 15.2 Å². The van der Waals surface area contributed by atoms with Crippen LogP contribution in [0.5, 0.6) is 0 Å². The van der Waals surface area contributed by atoms with E-state index in [1.165, 1.54) is 0 Å². The number of aryl methyl sites for hydroxylation is 1. The number of aromatic nitrogens is 2. The Kier molecular flexibility index (Phi) is 4.71. The average molecular weight is 320 g/mol. The number of hydrogen-bond donors (Lipinski definition) is 2. The molecule has 1 aromatic heterocycles. The van der Waals surface area contributed by atoms with Crippen LogP contribution in [0.15, 0.2) is 24.4 Å². The fourth-order valence-electron chi connectivity index (χ4n) is 1.98. The zero-order valence-electron chi connectivity index (χ0n) is 10.2. The second-order valence-electron chi connectivity index (χ2n) is 4.12. The van der Waals surface area contributed by atoms with E-state index in [1.807, 2.05) is 0 Å². The van der Waals surface area contributed by atoms with Gasteiger partial charge in [-0.25, -0.2) is 0 Å². The third-order valence-electron chi connectivity index (χ3n) is 2.94. The van der Waals surface area contributed by atoms with Crippen molar-refractivity contribution in [3.05, 3.63) is 50.7 Å². The van der Waals surface area contributed by atoms with Gasteiger partial charge in [-0.15, -0.1) is 0 Å². The van der Waals surface area contributed by atoms with Gasteiger partial charge in [-0.3, -0.25) is 16.0 Å². The molecule has 0 fully saturated rings. The van der Waals surface area contributed by atoms with Crippen LogP contribution in [-0.2, 0) is 13.5 Å². The lowest BCUT2D eigenvalue weighted by molar-refractivity contribution is 0.509. The summed E-state index contributed by atoms with van der Waals surface area (Å²) in [6.07, 6.45) is 2.10. The van der Waals surface area contributed by atoms with Crippen molar-refractivity contribution in [2.75, 3.05) is 0 Å². The van der Waals surface area contributed by atoms with Gasteiger partial charge in [0, 0.05) is 17.1 Å². The van der Waals surface area contributed by atoms with E-state index in [4.69, 9.17) is 40.6 Å². The molecule has 0 amide bonds. The second kappa shape index (κ2) is 6.11. The van der Waals surface area contributed by atoms with E-state index in [2.05, 4.69) is 10.5 Å². The van der Waals surface area contributed by atoms with Gasteiger partial charge >= 0.3 is 0 Å². The number of hydrazine groups is 1. The minimum absolute atomic E-state index is 0.225. The fraction of sp³-hybridized carbons (Fsp3) is 0.250. The molecule has 19 heavy (non-hydrogen) atoms. The van der Waals surface area contributed by atoms with Crippen molar-refractivity contribution in [3.63, 3.8) is 0 Å². The highest BCUT2D eigenvalue weighted by Crippen LogP contribution is 2.31. The molecule has 0 saturated carbocycles. The van der Waals surface area contributed by atoms with Crippen LogP contribution in [-0.4, -0.2) is 9.78 Å². The van der Waals surface area contributed by atoms with E-state index in [9.17, 15) is 0 Å². The third-order valence-corrected chi connectivity index (χ3v) is 3.94. The summed E-state index contributed by atoms with van der Waals surface area (Å²) in [6.45, 7) is 0. The molecule has 3 N–H and O–H groups in total. The molecule has 0 radical (unpaired) electrons. The van der Waals surface area contributed by atoms with Crippen LogP contribution in [0, 0.1) is 0 Å². The van der Waals surface area contributed by atoms with E-state index >= 15 is 0 Å². The number of hydrogen-bond acceptors (Lipinski definition) is 3. The lowest BCUT2D eigenvalue weighted by Gasteiger charge is -2.18. The number of benzene rings is 1. The monoisotopic (exact) mass is 318 g/mol. The number of nitrogens with two attached hydrogens (primary N) is 1. The van der Waals surface area contributed by atoms with Crippen molar-refractivity contribution in [3.8, 4) is 0 Å². The molecular weight excluding hydrogens is 307 g/mol. The van der Waals surface area contributed by atoms with Crippen molar-refractivity contribution >= 4 is 34.8 Å². The molecule has 7 heteroatoms. The predicted molar refractivity (Wildman–Crippen MR) is 78.4 cm³/mol. The first-order valence-electron chi connectivity index (χ1n) is 5.61. The summed E-state index contributed by atoms with van der Waals surface area (Å²) in [5.41, 5.74) is 4.34. The smallest absolute Gasteiger partial charge is 0.0834 e. The maximum absolute atomic E-state index is 6.16. The zero-order chi connectivity index (χ0) is 14.0. The summed E-state index contributed by atoms with van der Waals surface area (Å²) >= 11 is 18.4. The first-order chi connectivity index (χ1) is 9.04. The first kappa shape index (κ1) is 14.6. The van der Waals surface area contributed by atoms with Crippen molar-refractivity contribution in [2.45, 2.75) is 12.5 Å². The molecule has 0 bridgehead atoms. The minimum atomic E-state index is -0.225. The Balaban J connectivity index is 2.35. The van der Waals surface area contributed by atoms with Gasteiger partial charge in [-0.05, 0) is 24.1 Å². The molecule has 102 valence electrons. The number of rotatable bonds is 4. The summed E-state index contributed by atoms with van der Waals surface area (Å²) in [6, 6.07) is 5.16. The molecule has 0 aliphatic heterocycles. The number of nitrogens with one attached hydrogen (secondary N) is 1. The molecule has 2 rings (SSSR count). The molecule has 2 aromatic rings. The number of nitrogens with zero attached hydrogens (tertiary/aromatic N) is 2. The van der Waals surface area contributed by atoms with Gasteiger partial charge in [0.2, 0.25) is 0 Å². The highest BCUT2D eigenvalue weighted by molar-refractivity contribution is 6.36. The van der Waals surface area contributed by atoms with Crippen LogP contribution in [0.1, 0.15) is 17.3 Å². The first-order valence-corrected chi connectivity index (χ1v) is 6.74. The Morgan fingerprint density at radius 1 is 1.26 bits per heavy atom. The molecule has 1 atom stereocenters. The van der Waals surface area contributed by atoms with Gasteiger partial charge in [0.25, 0.3) is 0 Å². The lowest BCUT2D eigenvalue weighted by atomic mass is 10.0. The lowest BCUT2D eigenvalue weighted by Crippen LogP contribution is -2.31. The van der Waals surface area contributed by atoms with Gasteiger partial charge in [-0.1, -0.05) is 40.9 Å². The van der Waals surface area contributed by atoms with E-state index in [0.29, 0.717) is 21.5 Å².